The van der Waals surface area contributed by atoms with Crippen molar-refractivity contribution < 1.29 is 19.4 Å². The van der Waals surface area contributed by atoms with E-state index in [0.29, 0.717) is 17.0 Å². The normalized spacial score (nSPS) is 25.8. The predicted octanol–water partition coefficient (Wildman–Crippen LogP) is 0.940. The molecule has 1 aromatic carbocycles. The smallest absolute Gasteiger partial charge is 0.312 e. The highest BCUT2D eigenvalue weighted by Gasteiger charge is 2.51. The lowest BCUT2D eigenvalue weighted by Crippen LogP contribution is -2.49. The first-order chi connectivity index (χ1) is 11.4. The molecule has 1 aliphatic carbocycles. The molecular weight excluding hydrogens is 312 g/mol. The molecule has 0 fully saturated rings. The van der Waals surface area contributed by atoms with Gasteiger partial charge in [0.25, 0.3) is 5.56 Å². The van der Waals surface area contributed by atoms with Crippen LogP contribution >= 0.6 is 0 Å². The zero-order valence-corrected chi connectivity index (χ0v) is 13.8. The van der Waals surface area contributed by atoms with Crippen molar-refractivity contribution in [3.8, 4) is 5.75 Å². The number of fused-ring (bicyclic) bond motifs is 1. The number of ether oxygens (including phenoxy) is 2. The van der Waals surface area contributed by atoms with E-state index in [9.17, 15) is 14.7 Å². The van der Waals surface area contributed by atoms with Gasteiger partial charge in [-0.1, -0.05) is 12.1 Å². The minimum atomic E-state index is -1.35. The predicted molar refractivity (Wildman–Crippen MR) is 86.1 cm³/mol. The molecule has 0 amide bonds. The SMILES string of the molecule is COC(=O)[C@H]1[C@@H](c2ccc(OC)cc2)c2c([nH][nH]c2=O)C[C@]1(C)O. The highest BCUT2D eigenvalue weighted by Crippen LogP contribution is 2.44. The summed E-state index contributed by atoms with van der Waals surface area (Å²) >= 11 is 0. The maximum Gasteiger partial charge on any atom is 0.312 e. The van der Waals surface area contributed by atoms with Gasteiger partial charge < -0.3 is 19.7 Å². The number of hydrogen-bond acceptors (Lipinski definition) is 5. The molecule has 0 spiro atoms. The number of nitrogens with one attached hydrogen (secondary N) is 2. The quantitative estimate of drug-likeness (QED) is 0.726. The topological polar surface area (TPSA) is 104 Å². The molecule has 1 aliphatic rings. The molecule has 7 nitrogen and oxygen atoms in total. The molecule has 0 saturated heterocycles. The summed E-state index contributed by atoms with van der Waals surface area (Å²) in [5.74, 6) is -1.39. The Bertz CT molecular complexity index is 803. The minimum absolute atomic E-state index is 0.160. The molecule has 3 atom stereocenters. The van der Waals surface area contributed by atoms with Crippen LogP contribution in [-0.2, 0) is 16.0 Å². The molecule has 2 aromatic rings. The molecule has 0 bridgehead atoms. The van der Waals surface area contributed by atoms with Crippen molar-refractivity contribution in [1.29, 1.82) is 0 Å². The third-order valence-electron chi connectivity index (χ3n) is 4.68. The van der Waals surface area contributed by atoms with Crippen LogP contribution < -0.4 is 10.3 Å². The van der Waals surface area contributed by atoms with E-state index in [0.717, 1.165) is 5.56 Å². The Morgan fingerprint density at radius 2 is 1.92 bits per heavy atom. The second-order valence-electron chi connectivity index (χ2n) is 6.26. The van der Waals surface area contributed by atoms with E-state index in [1.807, 2.05) is 0 Å². The molecule has 3 N–H and O–H groups in total. The number of aromatic nitrogens is 2. The Hall–Kier alpha value is -2.54. The molecular formula is C17H20N2O5. The molecule has 0 saturated carbocycles. The number of H-pyrrole nitrogens is 2. The number of aromatic amines is 2. The summed E-state index contributed by atoms with van der Waals surface area (Å²) in [6.07, 6.45) is 0.160. The van der Waals surface area contributed by atoms with Crippen LogP contribution in [0.5, 0.6) is 5.75 Å². The Morgan fingerprint density at radius 3 is 2.50 bits per heavy atom. The number of methoxy groups -OCH3 is 2. The minimum Gasteiger partial charge on any atom is -0.497 e. The number of benzene rings is 1. The van der Waals surface area contributed by atoms with Crippen molar-refractivity contribution in [3.05, 3.63) is 51.4 Å². The summed E-state index contributed by atoms with van der Waals surface area (Å²) < 4.78 is 10.1. The monoisotopic (exact) mass is 332 g/mol. The van der Waals surface area contributed by atoms with Gasteiger partial charge in [-0.3, -0.25) is 14.7 Å². The van der Waals surface area contributed by atoms with Crippen molar-refractivity contribution in [3.63, 3.8) is 0 Å². The van der Waals surface area contributed by atoms with Gasteiger partial charge in [-0.25, -0.2) is 0 Å². The zero-order chi connectivity index (χ0) is 17.5. The average Bonchev–Trinajstić information content (AvgIpc) is 2.92. The van der Waals surface area contributed by atoms with Gasteiger partial charge in [-0.15, -0.1) is 0 Å². The summed E-state index contributed by atoms with van der Waals surface area (Å²) in [5, 5.41) is 16.2. The van der Waals surface area contributed by atoms with Crippen LogP contribution in [0, 0.1) is 5.92 Å². The van der Waals surface area contributed by atoms with Crippen LogP contribution in [0.3, 0.4) is 0 Å². The lowest BCUT2D eigenvalue weighted by atomic mass is 9.66. The maximum absolute atomic E-state index is 12.4. The fourth-order valence-corrected chi connectivity index (χ4v) is 3.55. The molecule has 128 valence electrons. The van der Waals surface area contributed by atoms with Crippen molar-refractivity contribution in [2.75, 3.05) is 14.2 Å². The first-order valence-electron chi connectivity index (χ1n) is 7.62. The molecule has 3 rings (SSSR count). The van der Waals surface area contributed by atoms with Gasteiger partial charge in [0.1, 0.15) is 5.75 Å². The summed E-state index contributed by atoms with van der Waals surface area (Å²) in [6.45, 7) is 1.58. The molecule has 7 heteroatoms. The standard InChI is InChI=1S/C17H20N2O5/c1-17(22)8-11-13(15(20)19-18-11)12(14(17)16(21)24-3)9-4-6-10(23-2)7-5-9/h4-7,12,14,22H,8H2,1-3H3,(H2,18,19,20)/t12-,14+,17-/m0/s1. The third-order valence-corrected chi connectivity index (χ3v) is 4.68. The Labute approximate surface area is 138 Å². The van der Waals surface area contributed by atoms with Crippen LogP contribution in [0.1, 0.15) is 29.7 Å². The van der Waals surface area contributed by atoms with E-state index < -0.39 is 23.4 Å². The Balaban J connectivity index is 2.20. The van der Waals surface area contributed by atoms with E-state index in [1.165, 1.54) is 7.11 Å². The van der Waals surface area contributed by atoms with Crippen molar-refractivity contribution in [1.82, 2.24) is 10.2 Å². The lowest BCUT2D eigenvalue weighted by Gasteiger charge is -2.40. The number of rotatable bonds is 3. The number of carbonyl (C=O) groups is 1. The lowest BCUT2D eigenvalue weighted by molar-refractivity contribution is -0.156. The van der Waals surface area contributed by atoms with Gasteiger partial charge in [0.2, 0.25) is 0 Å². The van der Waals surface area contributed by atoms with E-state index in [4.69, 9.17) is 9.47 Å². The highest BCUT2D eigenvalue weighted by molar-refractivity contribution is 5.77. The summed E-state index contributed by atoms with van der Waals surface area (Å²) in [5.41, 5.74) is 0.149. The second kappa shape index (κ2) is 5.83. The van der Waals surface area contributed by atoms with Crippen LogP contribution in [0.2, 0.25) is 0 Å². The van der Waals surface area contributed by atoms with Crippen LogP contribution in [-0.4, -0.2) is 41.1 Å². The van der Waals surface area contributed by atoms with E-state index in [1.54, 1.807) is 38.3 Å². The van der Waals surface area contributed by atoms with E-state index in [2.05, 4.69) is 10.2 Å². The summed E-state index contributed by atoms with van der Waals surface area (Å²) in [4.78, 5) is 24.7. The molecule has 1 aromatic heterocycles. The van der Waals surface area contributed by atoms with Gasteiger partial charge in [-0.05, 0) is 24.6 Å². The number of carbonyl (C=O) groups excluding carboxylic acids is 1. The molecule has 0 radical (unpaired) electrons. The van der Waals surface area contributed by atoms with Crippen molar-refractivity contribution in [2.24, 2.45) is 5.92 Å². The average molecular weight is 332 g/mol. The van der Waals surface area contributed by atoms with Crippen molar-refractivity contribution >= 4 is 5.97 Å². The van der Waals surface area contributed by atoms with Gasteiger partial charge in [0.15, 0.2) is 0 Å². The van der Waals surface area contributed by atoms with Crippen LogP contribution in [0.15, 0.2) is 29.1 Å². The largest absolute Gasteiger partial charge is 0.497 e. The summed E-state index contributed by atoms with van der Waals surface area (Å²) in [6, 6.07) is 7.09. The van der Waals surface area contributed by atoms with Gasteiger partial charge >= 0.3 is 5.97 Å². The fourth-order valence-electron chi connectivity index (χ4n) is 3.55. The van der Waals surface area contributed by atoms with Gasteiger partial charge in [0.05, 0.1) is 25.7 Å². The third kappa shape index (κ3) is 2.50. The second-order valence-corrected chi connectivity index (χ2v) is 6.26. The number of aliphatic hydroxyl groups is 1. The first-order valence-corrected chi connectivity index (χ1v) is 7.62. The van der Waals surface area contributed by atoms with E-state index in [-0.39, 0.29) is 12.0 Å². The maximum atomic E-state index is 12.4. The fraction of sp³-hybridized carbons (Fsp3) is 0.412. The first kappa shape index (κ1) is 16.3. The highest BCUT2D eigenvalue weighted by atomic mass is 16.5. The van der Waals surface area contributed by atoms with Crippen LogP contribution in [0.4, 0.5) is 0 Å². The van der Waals surface area contributed by atoms with Gasteiger partial charge in [-0.2, -0.15) is 0 Å². The molecule has 0 unspecified atom stereocenters. The number of hydrogen-bond donors (Lipinski definition) is 3. The molecule has 24 heavy (non-hydrogen) atoms. The number of esters is 1. The zero-order valence-electron chi connectivity index (χ0n) is 13.8. The van der Waals surface area contributed by atoms with E-state index >= 15 is 0 Å². The Kier molecular flexibility index (Phi) is 3.96. The van der Waals surface area contributed by atoms with Crippen molar-refractivity contribution in [2.45, 2.75) is 24.9 Å². The van der Waals surface area contributed by atoms with Crippen LogP contribution in [0.25, 0.3) is 0 Å². The molecule has 1 heterocycles. The molecule has 0 aliphatic heterocycles. The van der Waals surface area contributed by atoms with Gasteiger partial charge in [0, 0.05) is 23.6 Å². The Morgan fingerprint density at radius 1 is 1.25 bits per heavy atom. The summed E-state index contributed by atoms with van der Waals surface area (Å²) in [7, 11) is 2.84.